The maximum Gasteiger partial charge on any atom is 0.264 e. The number of ether oxygens (including phenoxy) is 1. The number of benzene rings is 2. The Morgan fingerprint density at radius 3 is 2.66 bits per heavy atom. The molecule has 8 nitrogen and oxygen atoms in total. The van der Waals surface area contributed by atoms with Crippen molar-refractivity contribution in [3.05, 3.63) is 58.1 Å². The van der Waals surface area contributed by atoms with Crippen LogP contribution in [0.5, 0.6) is 5.75 Å². The number of fused-ring (bicyclic) bond motifs is 4. The zero-order chi connectivity index (χ0) is 28.9. The third-order valence-corrected chi connectivity index (χ3v) is 12.1. The van der Waals surface area contributed by atoms with Gasteiger partial charge in [0.1, 0.15) is 5.75 Å². The van der Waals surface area contributed by atoms with Crippen molar-refractivity contribution >= 4 is 39.1 Å². The summed E-state index contributed by atoms with van der Waals surface area (Å²) < 4.78 is 35.0. The van der Waals surface area contributed by atoms with Crippen molar-refractivity contribution in [3.63, 3.8) is 0 Å². The summed E-state index contributed by atoms with van der Waals surface area (Å²) in [6.45, 7) is 5.83. The first kappa shape index (κ1) is 28.3. The van der Waals surface area contributed by atoms with Gasteiger partial charge in [-0.1, -0.05) is 24.6 Å². The molecule has 2 aromatic rings. The van der Waals surface area contributed by atoms with E-state index in [1.807, 2.05) is 6.07 Å². The summed E-state index contributed by atoms with van der Waals surface area (Å²) in [5, 5.41) is 2.88. The Morgan fingerprint density at radius 2 is 1.88 bits per heavy atom. The van der Waals surface area contributed by atoms with Crippen molar-refractivity contribution in [3.8, 4) is 5.75 Å². The van der Waals surface area contributed by atoms with E-state index in [9.17, 15) is 18.0 Å². The van der Waals surface area contributed by atoms with Crippen LogP contribution >= 0.6 is 11.6 Å². The maximum absolute atomic E-state index is 13.3. The van der Waals surface area contributed by atoms with E-state index in [4.69, 9.17) is 16.3 Å². The molecular weight excluding hydrogens is 562 g/mol. The number of carbonyl (C=O) groups is 2. The van der Waals surface area contributed by atoms with Gasteiger partial charge in [-0.25, -0.2) is 13.1 Å². The molecule has 2 N–H and O–H groups in total. The molecule has 4 aliphatic rings. The smallest absolute Gasteiger partial charge is 0.264 e. The van der Waals surface area contributed by atoms with Crippen molar-refractivity contribution in [1.82, 2.24) is 10.0 Å². The third kappa shape index (κ3) is 5.43. The number of sulfonamides is 1. The van der Waals surface area contributed by atoms with Gasteiger partial charge < -0.3 is 15.0 Å². The first-order valence-corrected chi connectivity index (χ1v) is 16.6. The van der Waals surface area contributed by atoms with Gasteiger partial charge in [0.2, 0.25) is 15.9 Å². The number of amides is 2. The molecule has 2 aliphatic carbocycles. The zero-order valence-electron chi connectivity index (χ0n) is 23.6. The fourth-order valence-corrected chi connectivity index (χ4v) is 8.51. The van der Waals surface area contributed by atoms with E-state index in [2.05, 4.69) is 27.1 Å². The van der Waals surface area contributed by atoms with Gasteiger partial charge in [-0.05, 0) is 98.2 Å². The van der Waals surface area contributed by atoms with Gasteiger partial charge in [0.25, 0.3) is 5.91 Å². The quantitative estimate of drug-likeness (QED) is 0.464. The summed E-state index contributed by atoms with van der Waals surface area (Å²) in [5.74, 6) is 0.127. The molecule has 2 amide bonds. The number of nitrogens with one attached hydrogen (secondary N) is 2. The van der Waals surface area contributed by atoms with Crippen LogP contribution in [0.15, 0.2) is 36.4 Å². The maximum atomic E-state index is 13.3. The van der Waals surface area contributed by atoms with Crippen LogP contribution in [-0.4, -0.2) is 51.7 Å². The lowest BCUT2D eigenvalue weighted by Gasteiger charge is -2.44. The third-order valence-electron chi connectivity index (χ3n) is 9.92. The fraction of sp³-hybridized carbons (Fsp3) is 0.548. The van der Waals surface area contributed by atoms with Gasteiger partial charge in [-0.2, -0.15) is 0 Å². The summed E-state index contributed by atoms with van der Waals surface area (Å²) >= 11 is 6.37. The van der Waals surface area contributed by atoms with Gasteiger partial charge in [0.05, 0.1) is 17.5 Å². The molecule has 0 aromatic heterocycles. The van der Waals surface area contributed by atoms with E-state index in [-0.39, 0.29) is 23.3 Å². The predicted octanol–water partition coefficient (Wildman–Crippen LogP) is 4.44. The second kappa shape index (κ2) is 10.8. The van der Waals surface area contributed by atoms with Crippen LogP contribution in [0.3, 0.4) is 0 Å². The lowest BCUT2D eigenvalue weighted by molar-refractivity contribution is -0.122. The van der Waals surface area contributed by atoms with Crippen molar-refractivity contribution in [2.75, 3.05) is 31.1 Å². The van der Waals surface area contributed by atoms with Crippen LogP contribution in [0.1, 0.15) is 67.4 Å². The highest BCUT2D eigenvalue weighted by molar-refractivity contribution is 7.90. The molecule has 10 heteroatoms. The molecule has 2 aliphatic heterocycles. The monoisotopic (exact) mass is 599 g/mol. The predicted molar refractivity (Wildman–Crippen MR) is 159 cm³/mol. The number of nitrogens with zero attached hydrogens (tertiary/aromatic N) is 1. The van der Waals surface area contributed by atoms with E-state index in [0.717, 1.165) is 49.4 Å². The van der Waals surface area contributed by atoms with Crippen LogP contribution in [0.2, 0.25) is 5.02 Å². The fourth-order valence-electron chi connectivity index (χ4n) is 7.05. The summed E-state index contributed by atoms with van der Waals surface area (Å²) in [6, 6.07) is 11.4. The second-order valence-corrected chi connectivity index (χ2v) is 15.0. The Morgan fingerprint density at radius 1 is 1.07 bits per heavy atom. The van der Waals surface area contributed by atoms with Gasteiger partial charge in [-0.15, -0.1) is 0 Å². The van der Waals surface area contributed by atoms with Crippen LogP contribution in [-0.2, 0) is 26.7 Å². The summed E-state index contributed by atoms with van der Waals surface area (Å²) in [7, 11) is -4.00. The number of carbonyl (C=O) groups excluding carboxylic acids is 2. The second-order valence-electron chi connectivity index (χ2n) is 12.6. The lowest BCUT2D eigenvalue weighted by atomic mass is 9.69. The van der Waals surface area contributed by atoms with Gasteiger partial charge >= 0.3 is 0 Å². The van der Waals surface area contributed by atoms with E-state index >= 15 is 0 Å². The lowest BCUT2D eigenvalue weighted by Crippen LogP contribution is -2.49. The Balaban J connectivity index is 1.40. The molecular formula is C31H38ClN3O5S. The number of hydrogen-bond acceptors (Lipinski definition) is 6. The number of aryl methyl sites for hydroxylation is 1. The molecule has 2 bridgehead atoms. The van der Waals surface area contributed by atoms with Crippen LogP contribution in [0, 0.1) is 17.8 Å². The SMILES string of the molecule is CC1CC(=O)NC[C@@H]2CC[C@H]2CN2C[C@@]3(CCCc4cc(Cl)ccc43)COc3ccc(cc32)C(=O)NS(=O)(=O)[C@@H]1C. The topological polar surface area (TPSA) is 105 Å². The average molecular weight is 600 g/mol. The highest BCUT2D eigenvalue weighted by Crippen LogP contribution is 2.46. The van der Waals surface area contributed by atoms with Gasteiger partial charge in [-0.3, -0.25) is 9.59 Å². The van der Waals surface area contributed by atoms with E-state index in [1.54, 1.807) is 32.0 Å². The minimum atomic E-state index is -4.00. The normalized spacial score (nSPS) is 31.4. The molecule has 2 aromatic carbocycles. The number of hydrogen-bond donors (Lipinski definition) is 2. The summed E-state index contributed by atoms with van der Waals surface area (Å²) in [6.07, 6.45) is 5.17. The molecule has 1 spiro atoms. The molecule has 1 saturated carbocycles. The van der Waals surface area contributed by atoms with Crippen LogP contribution in [0.4, 0.5) is 5.69 Å². The minimum absolute atomic E-state index is 0.0852. The van der Waals surface area contributed by atoms with E-state index in [0.29, 0.717) is 37.3 Å². The molecule has 1 fully saturated rings. The molecule has 0 saturated heterocycles. The molecule has 220 valence electrons. The largest absolute Gasteiger partial charge is 0.490 e. The molecule has 0 radical (unpaired) electrons. The van der Waals surface area contributed by atoms with E-state index < -0.39 is 27.1 Å². The minimum Gasteiger partial charge on any atom is -0.490 e. The van der Waals surface area contributed by atoms with Gasteiger partial charge in [0.15, 0.2) is 0 Å². The van der Waals surface area contributed by atoms with Crippen molar-refractivity contribution in [1.29, 1.82) is 0 Å². The Kier molecular flexibility index (Phi) is 7.47. The van der Waals surface area contributed by atoms with Gasteiger partial charge in [0, 0.05) is 42.1 Å². The number of halogens is 1. The molecule has 6 rings (SSSR count). The van der Waals surface area contributed by atoms with Crippen LogP contribution < -0.4 is 19.7 Å². The number of anilines is 1. The average Bonchev–Trinajstić information content (AvgIpc) is 3.06. The molecule has 2 heterocycles. The molecule has 1 unspecified atom stereocenters. The summed E-state index contributed by atoms with van der Waals surface area (Å²) in [4.78, 5) is 28.4. The van der Waals surface area contributed by atoms with Crippen molar-refractivity contribution < 1.29 is 22.7 Å². The van der Waals surface area contributed by atoms with Crippen molar-refractivity contribution in [2.45, 2.75) is 63.0 Å². The Hall–Kier alpha value is -2.78. The van der Waals surface area contributed by atoms with E-state index in [1.165, 1.54) is 11.1 Å². The summed E-state index contributed by atoms with van der Waals surface area (Å²) in [5.41, 5.74) is 3.34. The highest BCUT2D eigenvalue weighted by Gasteiger charge is 2.43. The zero-order valence-corrected chi connectivity index (χ0v) is 25.2. The Labute approximate surface area is 247 Å². The first-order chi connectivity index (χ1) is 19.5. The Bertz CT molecular complexity index is 1480. The highest BCUT2D eigenvalue weighted by atomic mass is 35.5. The first-order valence-electron chi connectivity index (χ1n) is 14.7. The van der Waals surface area contributed by atoms with Crippen LogP contribution in [0.25, 0.3) is 0 Å². The molecule has 5 atom stereocenters. The standard InChI is InChI=1S/C31H38ClN3O5S/c1-19-12-29(36)33-15-23-5-6-24(23)16-35-17-31(11-3-4-21-13-25(32)8-9-26(21)31)18-40-28-10-7-22(14-27(28)35)30(37)34-41(38,39)20(19)2/h7-10,13-14,19-20,23-24H,3-6,11-12,15-18H2,1-2H3,(H,33,36)(H,34,37)/t19?,20-,23+,24+,31+/m1/s1. The number of rotatable bonds is 0. The van der Waals surface area contributed by atoms with Crippen molar-refractivity contribution in [2.24, 2.45) is 17.8 Å². The molecule has 41 heavy (non-hydrogen) atoms.